The molecular formula is C19H24N4O3S. The van der Waals surface area contributed by atoms with E-state index in [0.29, 0.717) is 45.1 Å². The molecule has 2 aromatic rings. The van der Waals surface area contributed by atoms with Gasteiger partial charge in [-0.05, 0) is 38.0 Å². The number of carbonyl (C=O) groups is 2. The Labute approximate surface area is 162 Å². The summed E-state index contributed by atoms with van der Waals surface area (Å²) in [5.41, 5.74) is 1.27. The second kappa shape index (κ2) is 7.82. The summed E-state index contributed by atoms with van der Waals surface area (Å²) < 4.78 is 5.33. The maximum atomic E-state index is 12.9. The van der Waals surface area contributed by atoms with E-state index in [9.17, 15) is 9.59 Å². The van der Waals surface area contributed by atoms with E-state index >= 15 is 0 Å². The molecule has 0 radical (unpaired) electrons. The standard InChI is InChI=1S/C19H24N4O3S/c1-13-4-5-17(27-13)15-11-16(21-20-15)19(25)23-6-2-3-14(12-23)18(24)22-7-9-26-10-8-22/h4-5,11,14H,2-3,6-10,12H2,1H3,(H,20,21). The molecule has 0 aliphatic carbocycles. The number of nitrogens with one attached hydrogen (secondary N) is 1. The number of aromatic amines is 1. The molecule has 27 heavy (non-hydrogen) atoms. The molecule has 0 spiro atoms. The maximum absolute atomic E-state index is 12.9. The van der Waals surface area contributed by atoms with Crippen molar-refractivity contribution in [1.82, 2.24) is 20.0 Å². The van der Waals surface area contributed by atoms with Crippen LogP contribution in [-0.4, -0.2) is 71.2 Å². The molecule has 0 bridgehead atoms. The maximum Gasteiger partial charge on any atom is 0.274 e. The number of likely N-dealkylation sites (tertiary alicyclic amines) is 1. The SMILES string of the molecule is Cc1ccc(-c2cc(C(=O)N3CCCC(C(=O)N4CCOCC4)C3)n[nH]2)s1. The van der Waals surface area contributed by atoms with Crippen molar-refractivity contribution < 1.29 is 14.3 Å². The lowest BCUT2D eigenvalue weighted by molar-refractivity contribution is -0.141. The van der Waals surface area contributed by atoms with E-state index in [2.05, 4.69) is 23.2 Å². The lowest BCUT2D eigenvalue weighted by Gasteiger charge is -2.36. The minimum absolute atomic E-state index is 0.106. The molecule has 2 aliphatic heterocycles. The lowest BCUT2D eigenvalue weighted by Crippen LogP contribution is -2.49. The van der Waals surface area contributed by atoms with Gasteiger partial charge < -0.3 is 14.5 Å². The predicted octanol–water partition coefficient (Wildman–Crippen LogP) is 2.16. The number of aryl methyl sites for hydroxylation is 1. The van der Waals surface area contributed by atoms with E-state index < -0.39 is 0 Å². The third-order valence-corrected chi connectivity index (χ3v) is 6.22. The quantitative estimate of drug-likeness (QED) is 0.874. The molecule has 7 nitrogen and oxygen atoms in total. The van der Waals surface area contributed by atoms with Gasteiger partial charge in [0, 0.05) is 31.1 Å². The molecule has 1 atom stereocenters. The smallest absolute Gasteiger partial charge is 0.274 e. The lowest BCUT2D eigenvalue weighted by atomic mass is 9.96. The number of piperidine rings is 1. The van der Waals surface area contributed by atoms with Crippen LogP contribution in [0.4, 0.5) is 0 Å². The van der Waals surface area contributed by atoms with E-state index in [1.54, 1.807) is 22.3 Å². The third-order valence-electron chi connectivity index (χ3n) is 5.18. The van der Waals surface area contributed by atoms with Gasteiger partial charge in [-0.1, -0.05) is 0 Å². The van der Waals surface area contributed by atoms with Crippen molar-refractivity contribution in [2.75, 3.05) is 39.4 Å². The number of rotatable bonds is 3. The van der Waals surface area contributed by atoms with E-state index in [4.69, 9.17) is 4.74 Å². The first-order chi connectivity index (χ1) is 13.1. The fourth-order valence-electron chi connectivity index (χ4n) is 3.70. The van der Waals surface area contributed by atoms with Crippen LogP contribution >= 0.6 is 11.3 Å². The highest BCUT2D eigenvalue weighted by Gasteiger charge is 2.32. The van der Waals surface area contributed by atoms with Gasteiger partial charge in [0.2, 0.25) is 5.91 Å². The first-order valence-electron chi connectivity index (χ1n) is 9.40. The number of amides is 2. The van der Waals surface area contributed by atoms with Crippen LogP contribution in [0.5, 0.6) is 0 Å². The summed E-state index contributed by atoms with van der Waals surface area (Å²) in [6, 6.07) is 5.88. The second-order valence-corrected chi connectivity index (χ2v) is 8.39. The number of carbonyl (C=O) groups excluding carboxylic acids is 2. The van der Waals surface area contributed by atoms with E-state index in [-0.39, 0.29) is 17.7 Å². The molecule has 1 N–H and O–H groups in total. The second-order valence-electron chi connectivity index (χ2n) is 7.11. The van der Waals surface area contributed by atoms with Crippen LogP contribution in [0.25, 0.3) is 10.6 Å². The van der Waals surface area contributed by atoms with Gasteiger partial charge >= 0.3 is 0 Å². The summed E-state index contributed by atoms with van der Waals surface area (Å²) in [6.45, 7) is 5.68. The van der Waals surface area contributed by atoms with Crippen LogP contribution in [0.15, 0.2) is 18.2 Å². The Hall–Kier alpha value is -2.19. The van der Waals surface area contributed by atoms with Gasteiger partial charge in [-0.2, -0.15) is 5.10 Å². The molecule has 1 unspecified atom stereocenters. The molecule has 0 saturated carbocycles. The molecule has 4 heterocycles. The zero-order valence-corrected chi connectivity index (χ0v) is 16.3. The van der Waals surface area contributed by atoms with Gasteiger partial charge in [-0.25, -0.2) is 0 Å². The molecule has 2 amide bonds. The summed E-state index contributed by atoms with van der Waals surface area (Å²) in [7, 11) is 0. The fraction of sp³-hybridized carbons (Fsp3) is 0.526. The van der Waals surface area contributed by atoms with Crippen molar-refractivity contribution in [2.24, 2.45) is 5.92 Å². The summed E-state index contributed by atoms with van der Waals surface area (Å²) >= 11 is 1.67. The summed E-state index contributed by atoms with van der Waals surface area (Å²) in [5, 5.41) is 7.18. The third kappa shape index (κ3) is 3.91. The molecule has 2 aliphatic rings. The van der Waals surface area contributed by atoms with E-state index in [0.717, 1.165) is 23.4 Å². The van der Waals surface area contributed by atoms with Crippen LogP contribution < -0.4 is 0 Å². The topological polar surface area (TPSA) is 78.5 Å². The van der Waals surface area contributed by atoms with Crippen LogP contribution in [-0.2, 0) is 9.53 Å². The van der Waals surface area contributed by atoms with Gasteiger partial charge in [0.1, 0.15) is 0 Å². The Kier molecular flexibility index (Phi) is 5.27. The minimum atomic E-state index is -0.126. The number of aromatic nitrogens is 2. The Morgan fingerprint density at radius 1 is 1.22 bits per heavy atom. The molecule has 0 aromatic carbocycles. The zero-order valence-electron chi connectivity index (χ0n) is 15.4. The van der Waals surface area contributed by atoms with Gasteiger partial charge in [-0.3, -0.25) is 14.7 Å². The zero-order chi connectivity index (χ0) is 18.8. The van der Waals surface area contributed by atoms with Crippen molar-refractivity contribution >= 4 is 23.2 Å². The predicted molar refractivity (Wildman–Crippen MR) is 103 cm³/mol. The largest absolute Gasteiger partial charge is 0.378 e. The number of thiophene rings is 1. The molecule has 2 saturated heterocycles. The van der Waals surface area contributed by atoms with Crippen molar-refractivity contribution in [2.45, 2.75) is 19.8 Å². The average molecular weight is 388 g/mol. The van der Waals surface area contributed by atoms with E-state index in [1.165, 1.54) is 4.88 Å². The van der Waals surface area contributed by atoms with Crippen molar-refractivity contribution in [3.63, 3.8) is 0 Å². The summed E-state index contributed by atoms with van der Waals surface area (Å²) in [6.07, 6.45) is 1.67. The monoisotopic (exact) mass is 388 g/mol. The Balaban J connectivity index is 1.42. The number of ether oxygens (including phenoxy) is 1. The molecule has 2 fully saturated rings. The number of morpholine rings is 1. The molecule has 2 aromatic heterocycles. The van der Waals surface area contributed by atoms with E-state index in [1.807, 2.05) is 11.0 Å². The molecular weight excluding hydrogens is 364 g/mol. The highest BCUT2D eigenvalue weighted by Crippen LogP contribution is 2.27. The average Bonchev–Trinajstić information content (AvgIpc) is 3.37. The molecule has 4 rings (SSSR count). The number of hydrogen-bond donors (Lipinski definition) is 1. The van der Waals surface area contributed by atoms with Crippen molar-refractivity contribution in [1.29, 1.82) is 0 Å². The van der Waals surface area contributed by atoms with Gasteiger partial charge in [0.15, 0.2) is 5.69 Å². The fourth-order valence-corrected chi connectivity index (χ4v) is 4.54. The summed E-state index contributed by atoms with van der Waals surface area (Å²) in [4.78, 5) is 31.6. The first kappa shape index (κ1) is 18.2. The Morgan fingerprint density at radius 3 is 2.78 bits per heavy atom. The highest BCUT2D eigenvalue weighted by atomic mass is 32.1. The minimum Gasteiger partial charge on any atom is -0.378 e. The highest BCUT2D eigenvalue weighted by molar-refractivity contribution is 7.15. The Morgan fingerprint density at radius 2 is 2.04 bits per heavy atom. The van der Waals surface area contributed by atoms with Crippen molar-refractivity contribution in [3.05, 3.63) is 28.8 Å². The first-order valence-corrected chi connectivity index (χ1v) is 10.2. The van der Waals surface area contributed by atoms with Crippen LogP contribution in [0, 0.1) is 12.8 Å². The number of H-pyrrole nitrogens is 1. The van der Waals surface area contributed by atoms with Crippen LogP contribution in [0.1, 0.15) is 28.2 Å². The van der Waals surface area contributed by atoms with Crippen molar-refractivity contribution in [3.8, 4) is 10.6 Å². The Bertz CT molecular complexity index is 825. The van der Waals surface area contributed by atoms with Crippen LogP contribution in [0.3, 0.4) is 0 Å². The summed E-state index contributed by atoms with van der Waals surface area (Å²) in [5.74, 6) is -0.0861. The molecule has 144 valence electrons. The van der Waals surface area contributed by atoms with Gasteiger partial charge in [0.25, 0.3) is 5.91 Å². The van der Waals surface area contributed by atoms with Gasteiger partial charge in [-0.15, -0.1) is 11.3 Å². The van der Waals surface area contributed by atoms with Crippen LogP contribution in [0.2, 0.25) is 0 Å². The van der Waals surface area contributed by atoms with Gasteiger partial charge in [0.05, 0.1) is 29.7 Å². The number of hydrogen-bond acceptors (Lipinski definition) is 5. The molecule has 8 heteroatoms. The number of nitrogens with zero attached hydrogens (tertiary/aromatic N) is 3. The normalized spacial score (nSPS) is 20.7.